The molecule has 1 aliphatic carbocycles. The van der Waals surface area contributed by atoms with Crippen molar-refractivity contribution in [3.8, 4) is 0 Å². The number of halogens is 1. The van der Waals surface area contributed by atoms with Crippen LogP contribution in [0.15, 0.2) is 56.9 Å². The molecule has 1 aliphatic rings. The van der Waals surface area contributed by atoms with E-state index in [-0.39, 0.29) is 4.90 Å². The van der Waals surface area contributed by atoms with Gasteiger partial charge in [-0.2, -0.15) is 18.4 Å². The minimum atomic E-state index is -3.67. The maximum Gasteiger partial charge on any atom is 0.276 e. The van der Waals surface area contributed by atoms with Gasteiger partial charge in [0.25, 0.3) is 10.0 Å². The van der Waals surface area contributed by atoms with Crippen LogP contribution in [0, 0.1) is 6.92 Å². The maximum absolute atomic E-state index is 12.5. The maximum atomic E-state index is 12.5. The van der Waals surface area contributed by atoms with Gasteiger partial charge in [0.1, 0.15) is 0 Å². The second kappa shape index (κ2) is 6.55. The molecule has 4 rings (SSSR count). The molecule has 0 saturated carbocycles. The van der Waals surface area contributed by atoms with E-state index in [1.165, 1.54) is 5.56 Å². The summed E-state index contributed by atoms with van der Waals surface area (Å²) in [5.41, 5.74) is 4.91. The first kappa shape index (κ1) is 17.3. The molecule has 1 heterocycles. The number of sulfonamides is 1. The number of aryl methyl sites for hydroxylation is 2. The normalized spacial score (nSPS) is 16.0. The van der Waals surface area contributed by atoms with E-state index in [2.05, 4.69) is 36.9 Å². The molecular formula is C19H18BrN3O2S. The second-order valence-corrected chi connectivity index (χ2v) is 9.06. The Balaban J connectivity index is 1.69. The first-order chi connectivity index (χ1) is 12.4. The number of nitrogens with one attached hydrogen (secondary N) is 2. The van der Waals surface area contributed by atoms with E-state index in [0.29, 0.717) is 0 Å². The molecule has 3 aromatic rings. The third-order valence-corrected chi connectivity index (χ3v) is 6.35. The van der Waals surface area contributed by atoms with Crippen molar-refractivity contribution in [1.82, 2.24) is 9.82 Å². The zero-order valence-electron chi connectivity index (χ0n) is 14.2. The fraction of sp³-hybridized carbons (Fsp3) is 0.211. The fourth-order valence-electron chi connectivity index (χ4n) is 3.28. The second-order valence-electron chi connectivity index (χ2n) is 6.49. The molecule has 0 unspecified atom stereocenters. The highest BCUT2D eigenvalue weighted by molar-refractivity contribution is 9.10. The number of hydrazone groups is 1. The van der Waals surface area contributed by atoms with Crippen LogP contribution in [0.1, 0.15) is 29.7 Å². The van der Waals surface area contributed by atoms with Gasteiger partial charge in [-0.15, -0.1) is 0 Å². The van der Waals surface area contributed by atoms with Crippen LogP contribution >= 0.6 is 15.9 Å². The zero-order valence-corrected chi connectivity index (χ0v) is 16.6. The quantitative estimate of drug-likeness (QED) is 0.607. The summed E-state index contributed by atoms with van der Waals surface area (Å²) in [7, 11) is -3.67. The fourth-order valence-corrected chi connectivity index (χ4v) is 4.47. The molecule has 2 N–H and O–H groups in total. The Kier molecular flexibility index (Phi) is 4.36. The largest absolute Gasteiger partial charge is 0.353 e. The van der Waals surface area contributed by atoms with Crippen LogP contribution in [-0.2, 0) is 16.4 Å². The van der Waals surface area contributed by atoms with Gasteiger partial charge >= 0.3 is 0 Å². The minimum Gasteiger partial charge on any atom is -0.353 e. The van der Waals surface area contributed by atoms with Crippen molar-refractivity contribution >= 4 is 42.6 Å². The summed E-state index contributed by atoms with van der Waals surface area (Å²) in [6.07, 6.45) is 2.63. The van der Waals surface area contributed by atoms with Crippen LogP contribution in [0.4, 0.5) is 0 Å². The number of aromatic amines is 1. The zero-order chi connectivity index (χ0) is 18.3. The van der Waals surface area contributed by atoms with E-state index < -0.39 is 10.0 Å². The molecule has 5 nitrogen and oxygen atoms in total. The smallest absolute Gasteiger partial charge is 0.276 e. The van der Waals surface area contributed by atoms with Crippen molar-refractivity contribution < 1.29 is 8.42 Å². The van der Waals surface area contributed by atoms with E-state index in [1.807, 2.05) is 19.1 Å². The van der Waals surface area contributed by atoms with Crippen molar-refractivity contribution in [2.24, 2.45) is 5.10 Å². The van der Waals surface area contributed by atoms with E-state index >= 15 is 0 Å². The molecule has 0 fully saturated rings. The number of hydrogen-bond acceptors (Lipinski definition) is 3. The third kappa shape index (κ3) is 3.17. The lowest BCUT2D eigenvalue weighted by Crippen LogP contribution is -2.22. The van der Waals surface area contributed by atoms with Gasteiger partial charge in [-0.25, -0.2) is 0 Å². The Morgan fingerprint density at radius 2 is 1.88 bits per heavy atom. The Bertz CT molecular complexity index is 1120. The summed E-state index contributed by atoms with van der Waals surface area (Å²) >= 11 is 3.51. The van der Waals surface area contributed by atoms with Crippen molar-refractivity contribution in [3.05, 3.63) is 63.8 Å². The third-order valence-electron chi connectivity index (χ3n) is 4.63. The molecule has 0 atom stereocenters. The number of benzene rings is 2. The van der Waals surface area contributed by atoms with E-state index in [9.17, 15) is 8.42 Å². The highest BCUT2D eigenvalue weighted by atomic mass is 79.9. The highest BCUT2D eigenvalue weighted by Gasteiger charge is 2.22. The van der Waals surface area contributed by atoms with Gasteiger partial charge in [-0.05, 0) is 62.1 Å². The topological polar surface area (TPSA) is 74.3 Å². The van der Waals surface area contributed by atoms with Gasteiger partial charge in [-0.3, -0.25) is 0 Å². The monoisotopic (exact) mass is 431 g/mol. The predicted molar refractivity (Wildman–Crippen MR) is 107 cm³/mol. The van der Waals surface area contributed by atoms with Gasteiger partial charge in [-0.1, -0.05) is 33.6 Å². The summed E-state index contributed by atoms with van der Waals surface area (Å²) in [6.45, 7) is 1.92. The van der Waals surface area contributed by atoms with Gasteiger partial charge < -0.3 is 4.98 Å². The first-order valence-corrected chi connectivity index (χ1v) is 10.7. The van der Waals surface area contributed by atoms with Crippen LogP contribution < -0.4 is 4.83 Å². The Labute approximate surface area is 160 Å². The van der Waals surface area contributed by atoms with Crippen molar-refractivity contribution in [2.75, 3.05) is 0 Å². The highest BCUT2D eigenvalue weighted by Crippen LogP contribution is 2.31. The first-order valence-electron chi connectivity index (χ1n) is 8.39. The van der Waals surface area contributed by atoms with Crippen molar-refractivity contribution in [3.63, 3.8) is 0 Å². The molecule has 7 heteroatoms. The molecule has 134 valence electrons. The summed E-state index contributed by atoms with van der Waals surface area (Å²) in [5, 5.41) is 5.40. The Hall–Kier alpha value is -2.12. The van der Waals surface area contributed by atoms with Gasteiger partial charge in [0.15, 0.2) is 0 Å². The molecule has 0 aliphatic heterocycles. The predicted octanol–water partition coefficient (Wildman–Crippen LogP) is 4.26. The van der Waals surface area contributed by atoms with Crippen LogP contribution in [-0.4, -0.2) is 19.1 Å². The lowest BCUT2D eigenvalue weighted by molar-refractivity contribution is 0.584. The Morgan fingerprint density at radius 1 is 1.12 bits per heavy atom. The average molecular weight is 432 g/mol. The van der Waals surface area contributed by atoms with Crippen LogP contribution in [0.5, 0.6) is 0 Å². The summed E-state index contributed by atoms with van der Waals surface area (Å²) in [5.74, 6) is 0. The SMILES string of the molecule is Cc1ccc(S(=O)(=O)NN=C2CCCc3c2[nH]c2ccc(Br)cc32)cc1. The number of hydrogen-bond donors (Lipinski definition) is 2. The molecule has 0 saturated heterocycles. The molecule has 0 amide bonds. The van der Waals surface area contributed by atoms with Crippen molar-refractivity contribution in [2.45, 2.75) is 31.1 Å². The number of rotatable bonds is 3. The number of aromatic nitrogens is 1. The number of nitrogens with zero attached hydrogens (tertiary/aromatic N) is 1. The van der Waals surface area contributed by atoms with Gasteiger partial charge in [0.05, 0.1) is 16.3 Å². The summed E-state index contributed by atoms with van der Waals surface area (Å²) in [4.78, 5) is 5.99. The molecule has 0 radical (unpaired) electrons. The standard InChI is InChI=1S/C19H18BrN3O2S/c1-12-5-8-14(9-6-12)26(24,25)23-22-18-4-2-3-15-16-11-13(20)7-10-17(16)21-19(15)18/h5-11,21,23H,2-4H2,1H3. The van der Waals surface area contributed by atoms with Crippen LogP contribution in [0.2, 0.25) is 0 Å². The molecule has 26 heavy (non-hydrogen) atoms. The van der Waals surface area contributed by atoms with Crippen LogP contribution in [0.3, 0.4) is 0 Å². The lowest BCUT2D eigenvalue weighted by atomic mass is 9.94. The molecular weight excluding hydrogens is 414 g/mol. The minimum absolute atomic E-state index is 0.212. The Morgan fingerprint density at radius 3 is 2.65 bits per heavy atom. The number of H-pyrrole nitrogens is 1. The van der Waals surface area contributed by atoms with E-state index in [0.717, 1.165) is 51.6 Å². The summed E-state index contributed by atoms with van der Waals surface area (Å²) in [6, 6.07) is 12.8. The number of fused-ring (bicyclic) bond motifs is 3. The molecule has 0 bridgehead atoms. The van der Waals surface area contributed by atoms with Crippen LogP contribution in [0.25, 0.3) is 10.9 Å². The molecule has 0 spiro atoms. The average Bonchev–Trinajstić information content (AvgIpc) is 2.99. The molecule has 1 aromatic heterocycles. The van der Waals surface area contributed by atoms with Gasteiger partial charge in [0.2, 0.25) is 0 Å². The van der Waals surface area contributed by atoms with E-state index in [1.54, 1.807) is 24.3 Å². The van der Waals surface area contributed by atoms with E-state index in [4.69, 9.17) is 0 Å². The van der Waals surface area contributed by atoms with Crippen molar-refractivity contribution in [1.29, 1.82) is 0 Å². The molecule has 2 aromatic carbocycles. The summed E-state index contributed by atoms with van der Waals surface area (Å²) < 4.78 is 26.0. The lowest BCUT2D eigenvalue weighted by Gasteiger charge is -2.14. The van der Waals surface area contributed by atoms with Gasteiger partial charge in [0, 0.05) is 15.4 Å².